The van der Waals surface area contributed by atoms with Crippen LogP contribution in [0, 0.1) is 0 Å². The molecule has 0 N–H and O–H groups in total. The molecule has 0 saturated carbocycles. The summed E-state index contributed by atoms with van der Waals surface area (Å²) in [4.78, 5) is 0. The summed E-state index contributed by atoms with van der Waals surface area (Å²) in [6, 6.07) is 7.31. The van der Waals surface area contributed by atoms with Gasteiger partial charge in [-0.05, 0) is 6.07 Å². The van der Waals surface area contributed by atoms with E-state index in [0.717, 1.165) is 10.0 Å². The largest absolute Gasteiger partial charge is 0.300 e. The van der Waals surface area contributed by atoms with Gasteiger partial charge in [-0.15, -0.1) is 10.2 Å². The van der Waals surface area contributed by atoms with Crippen LogP contribution < -0.4 is 0 Å². The molecule has 0 radical (unpaired) electrons. The Bertz CT molecular complexity index is 669. The molecule has 8 heteroatoms. The Labute approximate surface area is 111 Å². The zero-order valence-corrected chi connectivity index (χ0v) is 11.8. The zero-order valence-electron chi connectivity index (χ0n) is 8.63. The third-order valence-electron chi connectivity index (χ3n) is 2.17. The van der Waals surface area contributed by atoms with Gasteiger partial charge in [-0.2, -0.15) is 0 Å². The lowest BCUT2D eigenvalue weighted by Crippen LogP contribution is -2.02. The van der Waals surface area contributed by atoms with Crippen LogP contribution in [0.25, 0.3) is 11.4 Å². The summed E-state index contributed by atoms with van der Waals surface area (Å²) in [5, 5.41) is 7.14. The lowest BCUT2D eigenvalue weighted by Gasteiger charge is -2.03. The van der Waals surface area contributed by atoms with E-state index in [4.69, 9.17) is 10.7 Å². The molecule has 2 rings (SSSR count). The molecule has 0 spiro atoms. The number of halogens is 2. The Morgan fingerprint density at radius 1 is 1.29 bits per heavy atom. The number of rotatable bonds is 2. The lowest BCUT2D eigenvalue weighted by molar-refractivity contribution is 0.593. The van der Waals surface area contributed by atoms with Crippen LogP contribution in [-0.4, -0.2) is 23.2 Å². The normalized spacial score (nSPS) is 11.7. The predicted molar refractivity (Wildman–Crippen MR) is 67.2 cm³/mol. The molecule has 17 heavy (non-hydrogen) atoms. The van der Waals surface area contributed by atoms with Gasteiger partial charge in [0.1, 0.15) is 0 Å². The van der Waals surface area contributed by atoms with E-state index in [1.165, 1.54) is 4.57 Å². The van der Waals surface area contributed by atoms with Crippen molar-refractivity contribution in [3.63, 3.8) is 0 Å². The Balaban J connectivity index is 2.64. The van der Waals surface area contributed by atoms with Crippen molar-refractivity contribution in [2.45, 2.75) is 5.16 Å². The average Bonchev–Trinajstić information content (AvgIpc) is 2.60. The average molecular weight is 337 g/mol. The quantitative estimate of drug-likeness (QED) is 0.788. The Kier molecular flexibility index (Phi) is 3.24. The minimum Gasteiger partial charge on any atom is -0.300 e. The highest BCUT2D eigenvalue weighted by atomic mass is 79.9. The maximum absolute atomic E-state index is 11.2. The minimum absolute atomic E-state index is 0.273. The monoisotopic (exact) mass is 335 g/mol. The maximum atomic E-state index is 11.2. The molecule has 0 bridgehead atoms. The highest BCUT2D eigenvalue weighted by Crippen LogP contribution is 2.27. The fraction of sp³-hybridized carbons (Fsp3) is 0.111. The highest BCUT2D eigenvalue weighted by molar-refractivity contribution is 9.10. The van der Waals surface area contributed by atoms with Crippen molar-refractivity contribution >= 4 is 35.7 Å². The van der Waals surface area contributed by atoms with Gasteiger partial charge in [-0.1, -0.05) is 34.1 Å². The Hall–Kier alpha value is -0.920. The van der Waals surface area contributed by atoms with Crippen LogP contribution in [0.4, 0.5) is 0 Å². The van der Waals surface area contributed by atoms with E-state index in [0.29, 0.717) is 5.82 Å². The molecule has 0 unspecified atom stereocenters. The van der Waals surface area contributed by atoms with Gasteiger partial charge in [-0.3, -0.25) is 4.57 Å². The van der Waals surface area contributed by atoms with Crippen molar-refractivity contribution in [1.82, 2.24) is 14.8 Å². The highest BCUT2D eigenvalue weighted by Gasteiger charge is 2.21. The molecule has 0 amide bonds. The van der Waals surface area contributed by atoms with E-state index in [2.05, 4.69) is 26.1 Å². The van der Waals surface area contributed by atoms with E-state index >= 15 is 0 Å². The van der Waals surface area contributed by atoms with Crippen LogP contribution >= 0.6 is 26.6 Å². The van der Waals surface area contributed by atoms with Crippen LogP contribution in [0.3, 0.4) is 0 Å². The van der Waals surface area contributed by atoms with Gasteiger partial charge < -0.3 is 0 Å². The molecular weight excluding hydrogens is 330 g/mol. The summed E-state index contributed by atoms with van der Waals surface area (Å²) >= 11 is 3.36. The Morgan fingerprint density at radius 2 is 1.94 bits per heavy atom. The SMILES string of the molecule is Cn1c(-c2ccccc2Br)nnc1S(=O)(=O)Cl. The van der Waals surface area contributed by atoms with Gasteiger partial charge in [0.15, 0.2) is 5.82 Å². The van der Waals surface area contributed by atoms with Gasteiger partial charge in [0.05, 0.1) is 0 Å². The van der Waals surface area contributed by atoms with Crippen molar-refractivity contribution in [3.05, 3.63) is 28.7 Å². The molecule has 0 aliphatic rings. The molecule has 90 valence electrons. The fourth-order valence-electron chi connectivity index (χ4n) is 1.40. The number of hydrogen-bond donors (Lipinski definition) is 0. The third-order valence-corrected chi connectivity index (χ3v) is 4.06. The van der Waals surface area contributed by atoms with Gasteiger partial charge in [0, 0.05) is 27.8 Å². The molecule has 5 nitrogen and oxygen atoms in total. The summed E-state index contributed by atoms with van der Waals surface area (Å²) in [7, 11) is 2.90. The summed E-state index contributed by atoms with van der Waals surface area (Å²) in [5.41, 5.74) is 0.745. The van der Waals surface area contributed by atoms with Crippen molar-refractivity contribution in [1.29, 1.82) is 0 Å². The van der Waals surface area contributed by atoms with Crippen molar-refractivity contribution < 1.29 is 8.42 Å². The Morgan fingerprint density at radius 3 is 2.47 bits per heavy atom. The molecule has 1 aromatic carbocycles. The number of hydrogen-bond acceptors (Lipinski definition) is 4. The molecule has 2 aromatic rings. The summed E-state index contributed by atoms with van der Waals surface area (Å²) in [5.74, 6) is 0.428. The van der Waals surface area contributed by atoms with E-state index in [1.807, 2.05) is 18.2 Å². The minimum atomic E-state index is -3.89. The number of nitrogens with zero attached hydrogens (tertiary/aromatic N) is 3. The first-order chi connectivity index (χ1) is 7.91. The standard InChI is InChI=1S/C9H7BrClN3O2S/c1-14-8(6-4-2-3-5-7(6)10)12-13-9(14)17(11,15)16/h2-5H,1H3. The van der Waals surface area contributed by atoms with Crippen LogP contribution in [-0.2, 0) is 16.1 Å². The number of aromatic nitrogens is 3. The molecule has 0 saturated heterocycles. The maximum Gasteiger partial charge on any atom is 0.296 e. The van der Waals surface area contributed by atoms with Gasteiger partial charge in [0.2, 0.25) is 0 Å². The van der Waals surface area contributed by atoms with Crippen LogP contribution in [0.15, 0.2) is 33.9 Å². The van der Waals surface area contributed by atoms with E-state index in [-0.39, 0.29) is 5.16 Å². The smallest absolute Gasteiger partial charge is 0.296 e. The van der Waals surface area contributed by atoms with Gasteiger partial charge >= 0.3 is 0 Å². The lowest BCUT2D eigenvalue weighted by atomic mass is 10.2. The zero-order chi connectivity index (χ0) is 12.6. The topological polar surface area (TPSA) is 64.8 Å². The molecule has 0 fully saturated rings. The summed E-state index contributed by atoms with van der Waals surface area (Å²) in [6.07, 6.45) is 0. The second-order valence-corrected chi connectivity index (χ2v) is 6.60. The predicted octanol–water partition coefficient (Wildman–Crippen LogP) is 2.17. The van der Waals surface area contributed by atoms with Crippen molar-refractivity contribution in [2.75, 3.05) is 0 Å². The molecule has 0 aliphatic carbocycles. The molecule has 1 heterocycles. The first-order valence-corrected chi connectivity index (χ1v) is 7.60. The molecule has 0 aliphatic heterocycles. The molecular formula is C9H7BrClN3O2S. The van der Waals surface area contributed by atoms with Crippen molar-refractivity contribution in [2.24, 2.45) is 7.05 Å². The summed E-state index contributed by atoms with van der Waals surface area (Å²) < 4.78 is 24.6. The fourth-order valence-corrected chi connectivity index (χ4v) is 2.82. The molecule has 0 atom stereocenters. The first kappa shape index (κ1) is 12.5. The van der Waals surface area contributed by atoms with Gasteiger partial charge in [0.25, 0.3) is 14.2 Å². The molecule has 1 aromatic heterocycles. The first-order valence-electron chi connectivity index (χ1n) is 4.50. The van der Waals surface area contributed by atoms with E-state index < -0.39 is 9.05 Å². The van der Waals surface area contributed by atoms with Crippen LogP contribution in [0.1, 0.15) is 0 Å². The van der Waals surface area contributed by atoms with E-state index in [1.54, 1.807) is 13.1 Å². The summed E-state index contributed by atoms with van der Waals surface area (Å²) in [6.45, 7) is 0. The second-order valence-electron chi connectivity index (χ2n) is 3.28. The third kappa shape index (κ3) is 2.36. The van der Waals surface area contributed by atoms with Crippen molar-refractivity contribution in [3.8, 4) is 11.4 Å². The van der Waals surface area contributed by atoms with Gasteiger partial charge in [-0.25, -0.2) is 8.42 Å². The van der Waals surface area contributed by atoms with Crippen LogP contribution in [0.2, 0.25) is 0 Å². The second kappa shape index (κ2) is 4.40. The van der Waals surface area contributed by atoms with Crippen LogP contribution in [0.5, 0.6) is 0 Å². The number of benzene rings is 1. The van der Waals surface area contributed by atoms with E-state index in [9.17, 15) is 8.42 Å².